The number of hydrogen-bond acceptors (Lipinski definition) is 5. The van der Waals surface area contributed by atoms with E-state index in [-0.39, 0.29) is 31.7 Å². The molecule has 0 N–H and O–H groups in total. The molecule has 0 saturated carbocycles. The van der Waals surface area contributed by atoms with Crippen LogP contribution in [0.4, 0.5) is 0 Å². The lowest BCUT2D eigenvalue weighted by Gasteiger charge is -2.27. The number of nitrogens with zero attached hydrogens (tertiary/aromatic N) is 2. The van der Waals surface area contributed by atoms with Crippen molar-refractivity contribution in [2.75, 3.05) is 19.9 Å². The molecule has 0 fully saturated rings. The molecule has 0 aliphatic carbocycles. The maximum Gasteiger partial charge on any atom is 0.254 e. The fourth-order valence-electron chi connectivity index (χ4n) is 3.84. The largest absolute Gasteiger partial charge is 0.464 e. The van der Waals surface area contributed by atoms with Crippen LogP contribution in [0.25, 0.3) is 0 Å². The summed E-state index contributed by atoms with van der Waals surface area (Å²) in [7, 11) is 0. The standard InChI is InChI=1S/C26H27ClN2O5/c1-3-11-28(26(31)20-5-4-6-21(27)13-20)16-25(30)29(15-22-9-7-18(2)34-22)14-19-8-10-23-24(12-19)33-17-32-23/h4-10,12-13H,3,11,14-17H2,1-2H3. The van der Waals surface area contributed by atoms with Gasteiger partial charge in [-0.3, -0.25) is 9.59 Å². The van der Waals surface area contributed by atoms with Gasteiger partial charge in [0, 0.05) is 23.7 Å². The first-order valence-electron chi connectivity index (χ1n) is 11.2. The summed E-state index contributed by atoms with van der Waals surface area (Å²) in [5.74, 6) is 2.38. The second-order valence-corrected chi connectivity index (χ2v) is 8.62. The molecular weight excluding hydrogens is 456 g/mol. The second-order valence-electron chi connectivity index (χ2n) is 8.19. The van der Waals surface area contributed by atoms with E-state index in [9.17, 15) is 9.59 Å². The zero-order chi connectivity index (χ0) is 24.1. The van der Waals surface area contributed by atoms with Crippen LogP contribution in [0, 0.1) is 6.92 Å². The van der Waals surface area contributed by atoms with Crippen molar-refractivity contribution in [1.82, 2.24) is 9.80 Å². The molecule has 0 bridgehead atoms. The minimum absolute atomic E-state index is 0.0522. The Balaban J connectivity index is 1.54. The fraction of sp³-hybridized carbons (Fsp3) is 0.308. The first-order valence-corrected chi connectivity index (χ1v) is 11.6. The maximum absolute atomic E-state index is 13.5. The van der Waals surface area contributed by atoms with Crippen LogP contribution in [0.2, 0.25) is 5.02 Å². The Kier molecular flexibility index (Phi) is 7.43. The minimum Gasteiger partial charge on any atom is -0.464 e. The van der Waals surface area contributed by atoms with Crippen molar-refractivity contribution in [2.24, 2.45) is 0 Å². The zero-order valence-corrected chi connectivity index (χ0v) is 20.0. The van der Waals surface area contributed by atoms with E-state index in [1.54, 1.807) is 34.1 Å². The van der Waals surface area contributed by atoms with Crippen LogP contribution in [0.5, 0.6) is 11.5 Å². The van der Waals surface area contributed by atoms with Crippen molar-refractivity contribution in [2.45, 2.75) is 33.4 Å². The van der Waals surface area contributed by atoms with Gasteiger partial charge in [0.2, 0.25) is 12.7 Å². The summed E-state index contributed by atoms with van der Waals surface area (Å²) >= 11 is 6.07. The number of fused-ring (bicyclic) bond motifs is 1. The molecule has 0 unspecified atom stereocenters. The van der Waals surface area contributed by atoms with E-state index >= 15 is 0 Å². The van der Waals surface area contributed by atoms with Crippen molar-refractivity contribution in [3.05, 3.63) is 82.3 Å². The van der Waals surface area contributed by atoms with Crippen molar-refractivity contribution < 1.29 is 23.5 Å². The van der Waals surface area contributed by atoms with E-state index < -0.39 is 0 Å². The molecular formula is C26H27ClN2O5. The summed E-state index contributed by atoms with van der Waals surface area (Å²) < 4.78 is 16.6. The Morgan fingerprint density at radius 3 is 2.53 bits per heavy atom. The van der Waals surface area contributed by atoms with E-state index in [2.05, 4.69) is 0 Å². The molecule has 4 rings (SSSR count). The van der Waals surface area contributed by atoms with Crippen LogP contribution in [0.1, 0.15) is 40.8 Å². The first-order chi connectivity index (χ1) is 16.4. The highest BCUT2D eigenvalue weighted by Crippen LogP contribution is 2.33. The highest BCUT2D eigenvalue weighted by atomic mass is 35.5. The van der Waals surface area contributed by atoms with Gasteiger partial charge in [0.25, 0.3) is 5.91 Å². The summed E-state index contributed by atoms with van der Waals surface area (Å²) in [6, 6.07) is 16.1. The van der Waals surface area contributed by atoms with Crippen LogP contribution in [0.3, 0.4) is 0 Å². The molecule has 0 atom stereocenters. The topological polar surface area (TPSA) is 72.2 Å². The Morgan fingerprint density at radius 2 is 1.79 bits per heavy atom. The predicted molar refractivity (Wildman–Crippen MR) is 128 cm³/mol. The van der Waals surface area contributed by atoms with Gasteiger partial charge in [-0.2, -0.15) is 0 Å². The number of furan rings is 1. The SMILES string of the molecule is CCCN(CC(=O)N(Cc1ccc2c(c1)OCO2)Cc1ccc(C)o1)C(=O)c1cccc(Cl)c1. The van der Waals surface area contributed by atoms with E-state index in [0.717, 1.165) is 17.7 Å². The lowest BCUT2D eigenvalue weighted by molar-refractivity contribution is -0.133. The summed E-state index contributed by atoms with van der Waals surface area (Å²) in [6.45, 7) is 5.04. The smallest absolute Gasteiger partial charge is 0.254 e. The van der Waals surface area contributed by atoms with Gasteiger partial charge in [-0.1, -0.05) is 30.7 Å². The zero-order valence-electron chi connectivity index (χ0n) is 19.3. The van der Waals surface area contributed by atoms with Gasteiger partial charge in [-0.25, -0.2) is 0 Å². The Morgan fingerprint density at radius 1 is 0.971 bits per heavy atom. The Hall–Kier alpha value is -3.45. The van der Waals surface area contributed by atoms with E-state index in [4.69, 9.17) is 25.5 Å². The van der Waals surface area contributed by atoms with Crippen LogP contribution >= 0.6 is 11.6 Å². The van der Waals surface area contributed by atoms with E-state index in [1.807, 2.05) is 44.2 Å². The average Bonchev–Trinajstić information content (AvgIpc) is 3.46. The Labute approximate surface area is 203 Å². The summed E-state index contributed by atoms with van der Waals surface area (Å²) in [4.78, 5) is 29.9. The predicted octanol–water partition coefficient (Wildman–Crippen LogP) is 5.05. The van der Waals surface area contributed by atoms with Gasteiger partial charge < -0.3 is 23.7 Å². The molecule has 8 heteroatoms. The van der Waals surface area contributed by atoms with Crippen molar-refractivity contribution in [3.8, 4) is 11.5 Å². The summed E-state index contributed by atoms with van der Waals surface area (Å²) in [5, 5.41) is 0.478. The quantitative estimate of drug-likeness (QED) is 0.426. The van der Waals surface area contributed by atoms with Gasteiger partial charge in [0.1, 0.15) is 18.1 Å². The molecule has 2 amide bonds. The van der Waals surface area contributed by atoms with E-state index in [0.29, 0.717) is 40.9 Å². The number of halogens is 1. The van der Waals surface area contributed by atoms with Crippen LogP contribution in [-0.2, 0) is 17.9 Å². The molecule has 0 radical (unpaired) electrons. The molecule has 2 heterocycles. The summed E-state index contributed by atoms with van der Waals surface area (Å²) in [5.41, 5.74) is 1.35. The number of rotatable bonds is 9. The number of amides is 2. The first kappa shape index (κ1) is 23.7. The van der Waals surface area contributed by atoms with Gasteiger partial charge in [0.05, 0.1) is 6.54 Å². The minimum atomic E-state index is -0.227. The summed E-state index contributed by atoms with van der Waals surface area (Å²) in [6.07, 6.45) is 0.721. The number of carbonyl (C=O) groups is 2. The van der Waals surface area contributed by atoms with Gasteiger partial charge in [0.15, 0.2) is 11.5 Å². The maximum atomic E-state index is 13.5. The second kappa shape index (κ2) is 10.7. The monoisotopic (exact) mass is 482 g/mol. The van der Waals surface area contributed by atoms with Crippen molar-refractivity contribution in [3.63, 3.8) is 0 Å². The molecule has 0 saturated heterocycles. The number of carbonyl (C=O) groups excluding carboxylic acids is 2. The normalized spacial score (nSPS) is 12.0. The lowest BCUT2D eigenvalue weighted by Crippen LogP contribution is -2.42. The number of aryl methyl sites for hydroxylation is 1. The third kappa shape index (κ3) is 5.72. The molecule has 1 aromatic heterocycles. The molecule has 3 aromatic rings. The number of hydrogen-bond donors (Lipinski definition) is 0. The number of ether oxygens (including phenoxy) is 2. The van der Waals surface area contributed by atoms with Crippen LogP contribution < -0.4 is 9.47 Å². The van der Waals surface area contributed by atoms with Crippen molar-refractivity contribution in [1.29, 1.82) is 0 Å². The molecule has 2 aromatic carbocycles. The number of benzene rings is 2. The van der Waals surface area contributed by atoms with E-state index in [1.165, 1.54) is 0 Å². The highest BCUT2D eigenvalue weighted by Gasteiger charge is 2.24. The van der Waals surface area contributed by atoms with Gasteiger partial charge >= 0.3 is 0 Å². The molecule has 178 valence electrons. The third-order valence-electron chi connectivity index (χ3n) is 5.48. The van der Waals surface area contributed by atoms with Gasteiger partial charge in [-0.15, -0.1) is 0 Å². The Bertz CT molecular complexity index is 1180. The molecule has 34 heavy (non-hydrogen) atoms. The molecule has 1 aliphatic heterocycles. The van der Waals surface area contributed by atoms with Crippen LogP contribution in [-0.4, -0.2) is 41.5 Å². The molecule has 7 nitrogen and oxygen atoms in total. The highest BCUT2D eigenvalue weighted by molar-refractivity contribution is 6.31. The van der Waals surface area contributed by atoms with Gasteiger partial charge in [-0.05, 0) is 61.4 Å². The third-order valence-corrected chi connectivity index (χ3v) is 5.72. The average molecular weight is 483 g/mol. The van der Waals surface area contributed by atoms with Crippen LogP contribution in [0.15, 0.2) is 59.0 Å². The van der Waals surface area contributed by atoms with Crippen molar-refractivity contribution >= 4 is 23.4 Å². The fourth-order valence-corrected chi connectivity index (χ4v) is 4.03. The molecule has 0 spiro atoms. The lowest BCUT2D eigenvalue weighted by atomic mass is 10.1. The molecule has 1 aliphatic rings.